The molecule has 0 aliphatic rings. The van der Waals surface area contributed by atoms with Gasteiger partial charge >= 0.3 is 0 Å². The molecule has 0 aliphatic carbocycles. The first kappa shape index (κ1) is 10.7. The Hall–Kier alpha value is -0.340. The third-order valence-electron chi connectivity index (χ3n) is 2.23. The fraction of sp³-hybridized carbons (Fsp3) is 0.636. The Balaban J connectivity index is 2.40. The van der Waals surface area contributed by atoms with E-state index in [9.17, 15) is 0 Å². The third kappa shape index (κ3) is 3.92. The highest BCUT2D eigenvalue weighted by atomic mass is 32.1. The van der Waals surface area contributed by atoms with Crippen LogP contribution in [0.15, 0.2) is 16.8 Å². The van der Waals surface area contributed by atoms with Gasteiger partial charge in [0.05, 0.1) is 0 Å². The second-order valence-electron chi connectivity index (χ2n) is 3.95. The van der Waals surface area contributed by atoms with E-state index in [1.165, 1.54) is 12.0 Å². The molecule has 1 nitrogen and oxygen atoms in total. The summed E-state index contributed by atoms with van der Waals surface area (Å²) < 4.78 is 0. The first-order chi connectivity index (χ1) is 6.22. The summed E-state index contributed by atoms with van der Waals surface area (Å²) in [6, 6.07) is 2.85. The third-order valence-corrected chi connectivity index (χ3v) is 2.96. The average molecular weight is 197 g/mol. The van der Waals surface area contributed by atoms with Crippen LogP contribution in [0.5, 0.6) is 0 Å². The zero-order valence-corrected chi connectivity index (χ0v) is 9.53. The number of likely N-dealkylation sites (N-methyl/N-ethyl adjacent to an activating group) is 1. The monoisotopic (exact) mass is 197 g/mol. The first-order valence-electron chi connectivity index (χ1n) is 4.90. The molecule has 0 bridgehead atoms. The Labute approximate surface area is 85.2 Å². The molecule has 74 valence electrons. The summed E-state index contributed by atoms with van der Waals surface area (Å²) >= 11 is 1.78. The van der Waals surface area contributed by atoms with Gasteiger partial charge in [0, 0.05) is 6.04 Å². The van der Waals surface area contributed by atoms with Crippen LogP contribution in [-0.2, 0) is 6.42 Å². The molecule has 1 rings (SSSR count). The van der Waals surface area contributed by atoms with Crippen LogP contribution in [-0.4, -0.2) is 13.1 Å². The number of hydrogen-bond donors (Lipinski definition) is 1. The van der Waals surface area contributed by atoms with E-state index in [-0.39, 0.29) is 0 Å². The van der Waals surface area contributed by atoms with Gasteiger partial charge in [-0.3, -0.25) is 0 Å². The summed E-state index contributed by atoms with van der Waals surface area (Å²) in [5, 5.41) is 7.77. The molecule has 1 atom stereocenters. The Morgan fingerprint density at radius 1 is 1.46 bits per heavy atom. The zero-order chi connectivity index (χ0) is 9.68. The molecule has 0 radical (unpaired) electrons. The highest BCUT2D eigenvalue weighted by molar-refractivity contribution is 7.07. The molecule has 0 spiro atoms. The van der Waals surface area contributed by atoms with Crippen molar-refractivity contribution in [2.75, 3.05) is 7.05 Å². The number of hydrogen-bond acceptors (Lipinski definition) is 2. The normalized spacial score (nSPS) is 13.5. The molecule has 2 heteroatoms. The Kier molecular flexibility index (Phi) is 4.46. The van der Waals surface area contributed by atoms with Crippen LogP contribution in [0.3, 0.4) is 0 Å². The molecular formula is C11H19NS. The van der Waals surface area contributed by atoms with Crippen molar-refractivity contribution >= 4 is 11.3 Å². The lowest BCUT2D eigenvalue weighted by molar-refractivity contribution is 0.441. The minimum absolute atomic E-state index is 0.634. The molecule has 0 amide bonds. The Morgan fingerprint density at radius 2 is 2.23 bits per heavy atom. The Bertz CT molecular complexity index is 216. The minimum Gasteiger partial charge on any atom is -0.317 e. The lowest BCUT2D eigenvalue weighted by atomic mass is 9.99. The van der Waals surface area contributed by atoms with Gasteiger partial charge in [-0.15, -0.1) is 0 Å². The standard InChI is InChI=1S/C11H19NS/c1-9(2)6-11(12-3)7-10-4-5-13-8-10/h4-5,8-9,11-12H,6-7H2,1-3H3. The molecule has 0 saturated carbocycles. The topological polar surface area (TPSA) is 12.0 Å². The van der Waals surface area contributed by atoms with E-state index in [0.717, 1.165) is 12.3 Å². The summed E-state index contributed by atoms with van der Waals surface area (Å²) in [5.41, 5.74) is 1.46. The van der Waals surface area contributed by atoms with Crippen molar-refractivity contribution in [3.05, 3.63) is 22.4 Å². The van der Waals surface area contributed by atoms with Gasteiger partial charge in [-0.25, -0.2) is 0 Å². The van der Waals surface area contributed by atoms with Crippen LogP contribution in [0.25, 0.3) is 0 Å². The lowest BCUT2D eigenvalue weighted by Crippen LogP contribution is -2.28. The van der Waals surface area contributed by atoms with Crippen LogP contribution in [0.2, 0.25) is 0 Å². The van der Waals surface area contributed by atoms with Crippen LogP contribution in [0.1, 0.15) is 25.8 Å². The number of nitrogens with one attached hydrogen (secondary N) is 1. The van der Waals surface area contributed by atoms with Crippen molar-refractivity contribution < 1.29 is 0 Å². The van der Waals surface area contributed by atoms with E-state index in [4.69, 9.17) is 0 Å². The van der Waals surface area contributed by atoms with E-state index in [2.05, 4.69) is 43.0 Å². The van der Waals surface area contributed by atoms with Crippen molar-refractivity contribution in [3.8, 4) is 0 Å². The highest BCUT2D eigenvalue weighted by Gasteiger charge is 2.09. The van der Waals surface area contributed by atoms with Crippen molar-refractivity contribution in [3.63, 3.8) is 0 Å². The molecule has 1 heterocycles. The van der Waals surface area contributed by atoms with E-state index in [1.54, 1.807) is 11.3 Å². The predicted octanol–water partition coefficient (Wildman–Crippen LogP) is 2.92. The van der Waals surface area contributed by atoms with Gasteiger partial charge in [0.1, 0.15) is 0 Å². The summed E-state index contributed by atoms with van der Waals surface area (Å²) in [4.78, 5) is 0. The molecule has 0 aromatic carbocycles. The highest BCUT2D eigenvalue weighted by Crippen LogP contribution is 2.13. The molecule has 1 unspecified atom stereocenters. The molecule has 0 fully saturated rings. The second-order valence-corrected chi connectivity index (χ2v) is 4.73. The molecule has 1 aromatic rings. The smallest absolute Gasteiger partial charge is 0.0107 e. The molecule has 0 saturated heterocycles. The fourth-order valence-corrected chi connectivity index (χ4v) is 2.25. The van der Waals surface area contributed by atoms with Crippen LogP contribution >= 0.6 is 11.3 Å². The fourth-order valence-electron chi connectivity index (χ4n) is 1.57. The van der Waals surface area contributed by atoms with Gasteiger partial charge in [0.15, 0.2) is 0 Å². The lowest BCUT2D eigenvalue weighted by Gasteiger charge is -2.17. The molecular weight excluding hydrogens is 178 g/mol. The van der Waals surface area contributed by atoms with Crippen LogP contribution in [0, 0.1) is 5.92 Å². The van der Waals surface area contributed by atoms with E-state index in [0.29, 0.717) is 6.04 Å². The maximum absolute atomic E-state index is 3.38. The van der Waals surface area contributed by atoms with Gasteiger partial charge < -0.3 is 5.32 Å². The minimum atomic E-state index is 0.634. The summed E-state index contributed by atoms with van der Waals surface area (Å²) in [6.07, 6.45) is 2.42. The summed E-state index contributed by atoms with van der Waals surface area (Å²) in [7, 11) is 2.05. The quantitative estimate of drug-likeness (QED) is 0.765. The Morgan fingerprint density at radius 3 is 2.69 bits per heavy atom. The van der Waals surface area contributed by atoms with Gasteiger partial charge in [0.25, 0.3) is 0 Å². The van der Waals surface area contributed by atoms with Gasteiger partial charge in [-0.05, 0) is 48.2 Å². The number of thiophene rings is 1. The summed E-state index contributed by atoms with van der Waals surface area (Å²) in [6.45, 7) is 4.55. The van der Waals surface area contributed by atoms with E-state index >= 15 is 0 Å². The molecule has 13 heavy (non-hydrogen) atoms. The van der Waals surface area contributed by atoms with E-state index in [1.807, 2.05) is 0 Å². The van der Waals surface area contributed by atoms with Crippen molar-refractivity contribution in [1.29, 1.82) is 0 Å². The maximum atomic E-state index is 3.38. The number of rotatable bonds is 5. The first-order valence-corrected chi connectivity index (χ1v) is 5.85. The van der Waals surface area contributed by atoms with Gasteiger partial charge in [-0.1, -0.05) is 13.8 Å². The maximum Gasteiger partial charge on any atom is 0.0107 e. The predicted molar refractivity (Wildman–Crippen MR) is 60.3 cm³/mol. The second kappa shape index (κ2) is 5.40. The van der Waals surface area contributed by atoms with Gasteiger partial charge in [0.2, 0.25) is 0 Å². The molecule has 1 aromatic heterocycles. The van der Waals surface area contributed by atoms with Crippen molar-refractivity contribution in [2.24, 2.45) is 5.92 Å². The SMILES string of the molecule is CNC(Cc1ccsc1)CC(C)C. The van der Waals surface area contributed by atoms with Crippen LogP contribution in [0.4, 0.5) is 0 Å². The van der Waals surface area contributed by atoms with Crippen LogP contribution < -0.4 is 5.32 Å². The van der Waals surface area contributed by atoms with Crippen molar-refractivity contribution in [1.82, 2.24) is 5.32 Å². The molecule has 0 aliphatic heterocycles. The largest absolute Gasteiger partial charge is 0.317 e. The molecule has 1 N–H and O–H groups in total. The van der Waals surface area contributed by atoms with E-state index < -0.39 is 0 Å². The zero-order valence-electron chi connectivity index (χ0n) is 8.71. The summed E-state index contributed by atoms with van der Waals surface area (Å²) in [5.74, 6) is 0.774. The van der Waals surface area contributed by atoms with Crippen molar-refractivity contribution in [2.45, 2.75) is 32.7 Å². The average Bonchev–Trinajstić information content (AvgIpc) is 2.55. The van der Waals surface area contributed by atoms with Gasteiger partial charge in [-0.2, -0.15) is 11.3 Å².